The normalized spacial score (nSPS) is 31.2. The highest BCUT2D eigenvalue weighted by Gasteiger charge is 2.35. The number of nitrogens with zero attached hydrogens (tertiary/aromatic N) is 1. The van der Waals surface area contributed by atoms with E-state index >= 15 is 0 Å². The minimum Gasteiger partial charge on any atom is -0.384 e. The molecule has 3 nitrogen and oxygen atoms in total. The molecule has 1 aliphatic carbocycles. The van der Waals surface area contributed by atoms with E-state index in [0.29, 0.717) is 6.42 Å². The van der Waals surface area contributed by atoms with Crippen LogP contribution in [0, 0.1) is 5.41 Å². The molecule has 1 aliphatic heterocycles. The molecular weight excluding hydrogens is 190 g/mol. The quantitative estimate of drug-likeness (QED) is 0.707. The van der Waals surface area contributed by atoms with Crippen LogP contribution in [0.1, 0.15) is 26.2 Å². The highest BCUT2D eigenvalue weighted by atomic mass is 16.5. The molecule has 1 saturated heterocycles. The largest absolute Gasteiger partial charge is 0.384 e. The molecule has 0 amide bonds. The van der Waals surface area contributed by atoms with E-state index in [1.165, 1.54) is 5.70 Å². The Morgan fingerprint density at radius 1 is 1.53 bits per heavy atom. The van der Waals surface area contributed by atoms with Crippen LogP contribution in [-0.2, 0) is 9.53 Å². The Balaban J connectivity index is 1.98. The second kappa shape index (κ2) is 3.97. The zero-order valence-corrected chi connectivity index (χ0v) is 9.58. The number of ketones is 1. The molecule has 0 radical (unpaired) electrons. The first-order valence-corrected chi connectivity index (χ1v) is 5.60. The molecule has 0 N–H and O–H groups in total. The van der Waals surface area contributed by atoms with Gasteiger partial charge in [0.05, 0.1) is 6.61 Å². The number of ether oxygens (including phenoxy) is 1. The lowest BCUT2D eigenvalue weighted by molar-refractivity contribution is -0.114. The second-order valence-electron chi connectivity index (χ2n) is 5.02. The molecule has 0 aromatic rings. The first kappa shape index (κ1) is 10.7. The molecule has 0 bridgehead atoms. The van der Waals surface area contributed by atoms with Crippen LogP contribution in [0.5, 0.6) is 0 Å². The third kappa shape index (κ3) is 2.23. The van der Waals surface area contributed by atoms with Gasteiger partial charge in [0.25, 0.3) is 0 Å². The summed E-state index contributed by atoms with van der Waals surface area (Å²) in [5.41, 5.74) is 1.50. The fourth-order valence-corrected chi connectivity index (χ4v) is 2.57. The van der Waals surface area contributed by atoms with Gasteiger partial charge in [-0.15, -0.1) is 0 Å². The van der Waals surface area contributed by atoms with Gasteiger partial charge in [0.2, 0.25) is 0 Å². The minimum atomic E-state index is 0.265. The van der Waals surface area contributed by atoms with E-state index in [-0.39, 0.29) is 11.2 Å². The summed E-state index contributed by atoms with van der Waals surface area (Å²) in [4.78, 5) is 13.5. The number of hydrogen-bond acceptors (Lipinski definition) is 3. The molecule has 2 rings (SSSR count). The molecule has 0 saturated carbocycles. The maximum absolute atomic E-state index is 11.2. The summed E-state index contributed by atoms with van der Waals surface area (Å²) in [6.07, 6.45) is 4.61. The number of hydrogen-bond donors (Lipinski definition) is 0. The maximum Gasteiger partial charge on any atom is 0.157 e. The lowest BCUT2D eigenvalue weighted by atomic mass is 9.91. The summed E-state index contributed by atoms with van der Waals surface area (Å²) < 4.78 is 5.25. The molecule has 1 atom stereocenters. The summed E-state index contributed by atoms with van der Waals surface area (Å²) in [6, 6.07) is 0. The van der Waals surface area contributed by atoms with E-state index in [1.54, 1.807) is 7.11 Å². The molecular formula is C12H19NO2. The number of carbonyl (C=O) groups is 1. The first-order valence-electron chi connectivity index (χ1n) is 5.60. The third-order valence-electron chi connectivity index (χ3n) is 3.41. The average molecular weight is 209 g/mol. The van der Waals surface area contributed by atoms with Crippen LogP contribution in [-0.4, -0.2) is 37.5 Å². The zero-order chi connectivity index (χ0) is 10.9. The van der Waals surface area contributed by atoms with Gasteiger partial charge in [-0.2, -0.15) is 0 Å². The van der Waals surface area contributed by atoms with Gasteiger partial charge in [-0.1, -0.05) is 6.92 Å². The highest BCUT2D eigenvalue weighted by molar-refractivity contribution is 5.92. The van der Waals surface area contributed by atoms with Crippen molar-refractivity contribution in [3.63, 3.8) is 0 Å². The van der Waals surface area contributed by atoms with Crippen molar-refractivity contribution in [1.29, 1.82) is 0 Å². The van der Waals surface area contributed by atoms with Crippen molar-refractivity contribution in [3.05, 3.63) is 11.8 Å². The van der Waals surface area contributed by atoms with Gasteiger partial charge in [0, 0.05) is 43.8 Å². The van der Waals surface area contributed by atoms with Crippen molar-refractivity contribution in [2.75, 3.05) is 26.8 Å². The Morgan fingerprint density at radius 2 is 2.33 bits per heavy atom. The van der Waals surface area contributed by atoms with Crippen LogP contribution < -0.4 is 0 Å². The number of methoxy groups -OCH3 is 1. The van der Waals surface area contributed by atoms with Gasteiger partial charge in [0.1, 0.15) is 0 Å². The smallest absolute Gasteiger partial charge is 0.157 e. The SMILES string of the molecule is COCC1(C)CCN(C2=CC(=O)CC2)C1. The van der Waals surface area contributed by atoms with Crippen LogP contribution in [0.25, 0.3) is 0 Å². The molecule has 1 fully saturated rings. The summed E-state index contributed by atoms with van der Waals surface area (Å²) in [5, 5.41) is 0. The average Bonchev–Trinajstić information content (AvgIpc) is 2.73. The second-order valence-corrected chi connectivity index (χ2v) is 5.02. The topological polar surface area (TPSA) is 29.5 Å². The minimum absolute atomic E-state index is 0.265. The summed E-state index contributed by atoms with van der Waals surface area (Å²) in [5.74, 6) is 0.283. The van der Waals surface area contributed by atoms with Gasteiger partial charge in [-0.3, -0.25) is 4.79 Å². The number of likely N-dealkylation sites (tertiary alicyclic amines) is 1. The molecule has 84 valence electrons. The van der Waals surface area contributed by atoms with Gasteiger partial charge in [-0.05, 0) is 12.8 Å². The van der Waals surface area contributed by atoms with E-state index in [9.17, 15) is 4.79 Å². The van der Waals surface area contributed by atoms with E-state index in [2.05, 4.69) is 11.8 Å². The van der Waals surface area contributed by atoms with Crippen LogP contribution in [0.15, 0.2) is 11.8 Å². The van der Waals surface area contributed by atoms with Crippen molar-refractivity contribution < 1.29 is 9.53 Å². The van der Waals surface area contributed by atoms with E-state index < -0.39 is 0 Å². The summed E-state index contributed by atoms with van der Waals surface area (Å²) in [7, 11) is 1.76. The predicted octanol–water partition coefficient (Wildman–Crippen LogP) is 1.59. The Kier molecular flexibility index (Phi) is 2.83. The number of carbonyl (C=O) groups excluding carboxylic acids is 1. The molecule has 1 heterocycles. The number of allylic oxidation sites excluding steroid dienone is 2. The van der Waals surface area contributed by atoms with Gasteiger partial charge >= 0.3 is 0 Å². The lowest BCUT2D eigenvalue weighted by Crippen LogP contribution is -2.27. The Labute approximate surface area is 91.1 Å². The van der Waals surface area contributed by atoms with Gasteiger partial charge in [0.15, 0.2) is 5.78 Å². The third-order valence-corrected chi connectivity index (χ3v) is 3.41. The van der Waals surface area contributed by atoms with Crippen molar-refractivity contribution in [2.24, 2.45) is 5.41 Å². The standard InChI is InChI=1S/C12H19NO2/c1-12(9-15-2)5-6-13(8-12)10-3-4-11(14)7-10/h7H,3-6,8-9H2,1-2H3. The van der Waals surface area contributed by atoms with Crippen LogP contribution in [0.2, 0.25) is 0 Å². The summed E-state index contributed by atoms with van der Waals surface area (Å²) >= 11 is 0. The van der Waals surface area contributed by atoms with Crippen molar-refractivity contribution in [3.8, 4) is 0 Å². The summed E-state index contributed by atoms with van der Waals surface area (Å²) in [6.45, 7) is 5.16. The number of rotatable bonds is 3. The molecule has 0 aromatic carbocycles. The van der Waals surface area contributed by atoms with E-state index in [0.717, 1.165) is 32.5 Å². The highest BCUT2D eigenvalue weighted by Crippen LogP contribution is 2.34. The Hall–Kier alpha value is -0.830. The van der Waals surface area contributed by atoms with Crippen LogP contribution >= 0.6 is 0 Å². The fraction of sp³-hybridized carbons (Fsp3) is 0.750. The Morgan fingerprint density at radius 3 is 2.93 bits per heavy atom. The molecule has 1 unspecified atom stereocenters. The van der Waals surface area contributed by atoms with Crippen LogP contribution in [0.3, 0.4) is 0 Å². The van der Waals surface area contributed by atoms with Crippen molar-refractivity contribution in [2.45, 2.75) is 26.2 Å². The van der Waals surface area contributed by atoms with Crippen molar-refractivity contribution >= 4 is 5.78 Å². The predicted molar refractivity (Wildman–Crippen MR) is 58.5 cm³/mol. The zero-order valence-electron chi connectivity index (χ0n) is 9.58. The maximum atomic E-state index is 11.2. The van der Waals surface area contributed by atoms with Gasteiger partial charge in [-0.25, -0.2) is 0 Å². The molecule has 3 heteroatoms. The van der Waals surface area contributed by atoms with Crippen molar-refractivity contribution in [1.82, 2.24) is 4.90 Å². The lowest BCUT2D eigenvalue weighted by Gasteiger charge is -2.25. The Bertz CT molecular complexity index is 298. The monoisotopic (exact) mass is 209 g/mol. The molecule has 0 aromatic heterocycles. The molecule has 2 aliphatic rings. The first-order chi connectivity index (χ1) is 7.13. The molecule has 15 heavy (non-hydrogen) atoms. The van der Waals surface area contributed by atoms with Gasteiger partial charge < -0.3 is 9.64 Å². The van der Waals surface area contributed by atoms with E-state index in [1.807, 2.05) is 6.08 Å². The van der Waals surface area contributed by atoms with Crippen LogP contribution in [0.4, 0.5) is 0 Å². The molecule has 0 spiro atoms. The fourth-order valence-electron chi connectivity index (χ4n) is 2.57. The van der Waals surface area contributed by atoms with E-state index in [4.69, 9.17) is 4.74 Å².